The van der Waals surface area contributed by atoms with Crippen LogP contribution in [-0.4, -0.2) is 25.9 Å². The Morgan fingerprint density at radius 3 is 2.86 bits per heavy atom. The molecule has 0 N–H and O–H groups in total. The second-order valence-electron chi connectivity index (χ2n) is 4.62. The summed E-state index contributed by atoms with van der Waals surface area (Å²) in [5.74, 6) is 0.638. The fraction of sp³-hybridized carbons (Fsp3) is 0.133. The Kier molecular flexibility index (Phi) is 3.38. The molecule has 0 unspecified atom stereocenters. The molecule has 0 spiro atoms. The smallest absolute Gasteiger partial charge is 0.350 e. The summed E-state index contributed by atoms with van der Waals surface area (Å²) in [5, 5.41) is 4.06. The van der Waals surface area contributed by atoms with Gasteiger partial charge in [-0.15, -0.1) is 11.7 Å². The Balaban J connectivity index is 2.24. The zero-order chi connectivity index (χ0) is 15.7. The molecule has 0 aliphatic rings. The van der Waals surface area contributed by atoms with Gasteiger partial charge in [-0.1, -0.05) is 12.1 Å². The van der Waals surface area contributed by atoms with Gasteiger partial charge in [0.25, 0.3) is 0 Å². The molecule has 0 saturated heterocycles. The van der Waals surface area contributed by atoms with Gasteiger partial charge in [0.1, 0.15) is 5.75 Å². The summed E-state index contributed by atoms with van der Waals surface area (Å²) in [5.41, 5.74) is -0.0461. The van der Waals surface area contributed by atoms with E-state index in [-0.39, 0.29) is 23.4 Å². The Hall–Kier alpha value is -3.09. The van der Waals surface area contributed by atoms with Gasteiger partial charge in [-0.3, -0.25) is 9.36 Å². The van der Waals surface area contributed by atoms with E-state index in [1.165, 1.54) is 26.0 Å². The Bertz CT molecular complexity index is 965. The minimum Gasteiger partial charge on any atom is -0.497 e. The molecule has 7 nitrogen and oxygen atoms in total. The first-order chi connectivity index (χ1) is 10.7. The highest BCUT2D eigenvalue weighted by Gasteiger charge is 2.12. The molecule has 112 valence electrons. The van der Waals surface area contributed by atoms with Crippen LogP contribution in [0, 0.1) is 0 Å². The Morgan fingerprint density at radius 1 is 1.32 bits per heavy atom. The summed E-state index contributed by atoms with van der Waals surface area (Å²) < 4.78 is 9.00. The van der Waals surface area contributed by atoms with Crippen LogP contribution in [0.25, 0.3) is 11.3 Å². The predicted molar refractivity (Wildman–Crippen MR) is 81.8 cm³/mol. The zero-order valence-electron chi connectivity index (χ0n) is 12.0. The molecule has 3 aromatic rings. The van der Waals surface area contributed by atoms with Crippen molar-refractivity contribution in [3.63, 3.8) is 0 Å². The molecular weight excluding hydrogens is 284 g/mol. The molecular formula is C15H14N4O3. The van der Waals surface area contributed by atoms with E-state index in [0.29, 0.717) is 11.4 Å². The molecule has 7 heteroatoms. The molecule has 0 aliphatic carbocycles. The quantitative estimate of drug-likeness (QED) is 0.669. The van der Waals surface area contributed by atoms with Gasteiger partial charge in [0.05, 0.1) is 19.3 Å². The van der Waals surface area contributed by atoms with Gasteiger partial charge in [-0.05, 0) is 12.1 Å². The van der Waals surface area contributed by atoms with Gasteiger partial charge in [0, 0.05) is 18.5 Å². The standard InChI is InChI=1S/C15H14N4O3/c1-3-7-19-15(21)18-9-8-17(14(20)13(18)16-19)11-5-4-6-12(10-11)22-2/h3-6,8-10H,1,7H2,2H3. The molecule has 2 aromatic heterocycles. The fourth-order valence-electron chi connectivity index (χ4n) is 2.21. The highest BCUT2D eigenvalue weighted by molar-refractivity contribution is 5.43. The molecule has 1 aromatic carbocycles. The number of fused-ring (bicyclic) bond motifs is 1. The third kappa shape index (κ3) is 2.12. The van der Waals surface area contributed by atoms with Crippen LogP contribution in [0.1, 0.15) is 0 Å². The monoisotopic (exact) mass is 298 g/mol. The highest BCUT2D eigenvalue weighted by Crippen LogP contribution is 2.14. The number of benzene rings is 1. The molecule has 0 radical (unpaired) electrons. The second kappa shape index (κ2) is 5.36. The fourth-order valence-corrected chi connectivity index (χ4v) is 2.21. The van der Waals surface area contributed by atoms with Gasteiger partial charge in [0.2, 0.25) is 5.65 Å². The van der Waals surface area contributed by atoms with E-state index in [4.69, 9.17) is 4.74 Å². The summed E-state index contributed by atoms with van der Waals surface area (Å²) in [7, 11) is 1.56. The summed E-state index contributed by atoms with van der Waals surface area (Å²) in [6.45, 7) is 3.82. The first-order valence-electron chi connectivity index (χ1n) is 6.62. The summed E-state index contributed by atoms with van der Waals surface area (Å²) in [6.07, 6.45) is 4.60. The van der Waals surface area contributed by atoms with Crippen molar-refractivity contribution >= 4 is 5.65 Å². The van der Waals surface area contributed by atoms with Crippen molar-refractivity contribution in [3.05, 3.63) is 70.2 Å². The van der Waals surface area contributed by atoms with E-state index < -0.39 is 0 Å². The van der Waals surface area contributed by atoms with Crippen molar-refractivity contribution in [2.45, 2.75) is 6.54 Å². The maximum Gasteiger partial charge on any atom is 0.350 e. The molecule has 0 bridgehead atoms. The molecule has 0 aliphatic heterocycles. The minimum absolute atomic E-state index is 0.0668. The summed E-state index contributed by atoms with van der Waals surface area (Å²) >= 11 is 0. The lowest BCUT2D eigenvalue weighted by atomic mass is 10.3. The third-order valence-corrected chi connectivity index (χ3v) is 3.28. The lowest BCUT2D eigenvalue weighted by Crippen LogP contribution is -2.23. The molecule has 2 heterocycles. The van der Waals surface area contributed by atoms with E-state index in [0.717, 1.165) is 0 Å². The van der Waals surface area contributed by atoms with Gasteiger partial charge >= 0.3 is 11.2 Å². The van der Waals surface area contributed by atoms with Crippen LogP contribution in [0.5, 0.6) is 5.75 Å². The number of hydrogen-bond donors (Lipinski definition) is 0. The lowest BCUT2D eigenvalue weighted by molar-refractivity contribution is 0.414. The van der Waals surface area contributed by atoms with E-state index in [1.807, 2.05) is 0 Å². The van der Waals surface area contributed by atoms with Crippen LogP contribution in [-0.2, 0) is 6.54 Å². The Morgan fingerprint density at radius 2 is 2.14 bits per heavy atom. The van der Waals surface area contributed by atoms with Gasteiger partial charge in [-0.2, -0.15) is 0 Å². The minimum atomic E-state index is -0.379. The predicted octanol–water partition coefficient (Wildman–Crippen LogP) is 0.841. The average molecular weight is 298 g/mol. The summed E-state index contributed by atoms with van der Waals surface area (Å²) in [4.78, 5) is 24.6. The number of aromatic nitrogens is 4. The highest BCUT2D eigenvalue weighted by atomic mass is 16.5. The van der Waals surface area contributed by atoms with Crippen LogP contribution in [0.15, 0.2) is 58.9 Å². The van der Waals surface area contributed by atoms with E-state index >= 15 is 0 Å². The molecule has 3 rings (SSSR count). The maximum atomic E-state index is 12.6. The van der Waals surface area contributed by atoms with Crippen molar-refractivity contribution in [1.29, 1.82) is 0 Å². The molecule has 0 saturated carbocycles. The number of methoxy groups -OCH3 is 1. The third-order valence-electron chi connectivity index (χ3n) is 3.28. The average Bonchev–Trinajstić information content (AvgIpc) is 2.86. The van der Waals surface area contributed by atoms with Crippen LogP contribution in [0.3, 0.4) is 0 Å². The summed E-state index contributed by atoms with van der Waals surface area (Å²) in [6, 6.07) is 7.08. The number of rotatable bonds is 4. The Labute approximate surface area is 125 Å². The van der Waals surface area contributed by atoms with Crippen LogP contribution in [0.2, 0.25) is 0 Å². The first kappa shape index (κ1) is 13.9. The largest absolute Gasteiger partial charge is 0.497 e. The second-order valence-corrected chi connectivity index (χ2v) is 4.62. The molecule has 22 heavy (non-hydrogen) atoms. The van der Waals surface area contributed by atoms with E-state index in [1.54, 1.807) is 37.5 Å². The number of allylic oxidation sites excluding steroid dienone is 1. The molecule has 0 amide bonds. The van der Waals surface area contributed by atoms with Crippen LogP contribution >= 0.6 is 0 Å². The van der Waals surface area contributed by atoms with E-state index in [9.17, 15) is 9.59 Å². The van der Waals surface area contributed by atoms with Crippen LogP contribution < -0.4 is 16.0 Å². The van der Waals surface area contributed by atoms with Gasteiger partial charge in [0.15, 0.2) is 0 Å². The van der Waals surface area contributed by atoms with Gasteiger partial charge in [-0.25, -0.2) is 13.9 Å². The molecule has 0 fully saturated rings. The van der Waals surface area contributed by atoms with Crippen LogP contribution in [0.4, 0.5) is 0 Å². The maximum absolute atomic E-state index is 12.6. The topological polar surface area (TPSA) is 70.5 Å². The van der Waals surface area contributed by atoms with Crippen molar-refractivity contribution in [2.75, 3.05) is 7.11 Å². The van der Waals surface area contributed by atoms with E-state index in [2.05, 4.69) is 11.7 Å². The van der Waals surface area contributed by atoms with Gasteiger partial charge < -0.3 is 4.74 Å². The number of hydrogen-bond acceptors (Lipinski definition) is 4. The first-order valence-corrected chi connectivity index (χ1v) is 6.62. The van der Waals surface area contributed by atoms with Crippen molar-refractivity contribution in [1.82, 2.24) is 18.7 Å². The van der Waals surface area contributed by atoms with Crippen molar-refractivity contribution < 1.29 is 4.74 Å². The molecule has 0 atom stereocenters. The zero-order valence-corrected chi connectivity index (χ0v) is 12.0. The SMILES string of the molecule is C=CCn1nc2c(=O)n(-c3cccc(OC)c3)ccn2c1=O. The number of ether oxygens (including phenoxy) is 1. The normalized spacial score (nSPS) is 10.8. The van der Waals surface area contributed by atoms with Crippen molar-refractivity contribution in [2.24, 2.45) is 0 Å². The van der Waals surface area contributed by atoms with Crippen molar-refractivity contribution in [3.8, 4) is 11.4 Å². The lowest BCUT2D eigenvalue weighted by Gasteiger charge is -2.07. The number of nitrogens with zero attached hydrogens (tertiary/aromatic N) is 4.